The smallest absolute Gasteiger partial charge is 0.230 e. The first-order valence-electron chi connectivity index (χ1n) is 9.22. The van der Waals surface area contributed by atoms with Crippen LogP contribution in [0.5, 0.6) is 5.75 Å². The van der Waals surface area contributed by atoms with Crippen LogP contribution in [-0.4, -0.2) is 24.7 Å². The fourth-order valence-corrected chi connectivity index (χ4v) is 4.40. The summed E-state index contributed by atoms with van der Waals surface area (Å²) in [5, 5.41) is 15.8. The number of halogens is 1. The number of nitrogens with one attached hydrogen (secondary N) is 2. The Morgan fingerprint density at radius 3 is 2.77 bits per heavy atom. The second-order valence-corrected chi connectivity index (χ2v) is 8.53. The van der Waals surface area contributed by atoms with E-state index in [4.69, 9.17) is 4.74 Å². The van der Waals surface area contributed by atoms with Crippen LogP contribution >= 0.6 is 27.7 Å². The number of rotatable bonds is 7. The number of amides is 2. The summed E-state index contributed by atoms with van der Waals surface area (Å²) >= 11 is 4.60. The quantitative estimate of drug-likeness (QED) is 0.621. The molecular weight excluding hydrogens is 466 g/mol. The molecule has 0 unspecified atom stereocenters. The van der Waals surface area contributed by atoms with E-state index in [1.807, 2.05) is 48.5 Å². The molecule has 8 heteroatoms. The number of nitrogens with zero attached hydrogens (tertiary/aromatic N) is 1. The van der Waals surface area contributed by atoms with E-state index in [-0.39, 0.29) is 29.9 Å². The highest BCUT2D eigenvalue weighted by molar-refractivity contribution is 9.10. The van der Waals surface area contributed by atoms with Crippen molar-refractivity contribution in [2.75, 3.05) is 12.9 Å². The number of hydrogen-bond acceptors (Lipinski definition) is 5. The van der Waals surface area contributed by atoms with Crippen molar-refractivity contribution in [2.45, 2.75) is 18.9 Å². The Kier molecular flexibility index (Phi) is 7.55. The third-order valence-corrected chi connectivity index (χ3v) is 6.11. The van der Waals surface area contributed by atoms with Gasteiger partial charge in [0, 0.05) is 23.4 Å². The largest absolute Gasteiger partial charge is 0.497 e. The highest BCUT2D eigenvalue weighted by atomic mass is 79.9. The fourth-order valence-electron chi connectivity index (χ4n) is 3.07. The van der Waals surface area contributed by atoms with Gasteiger partial charge in [0.15, 0.2) is 0 Å². The molecule has 0 bridgehead atoms. The molecule has 0 aromatic heterocycles. The Morgan fingerprint density at radius 2 is 2.10 bits per heavy atom. The monoisotopic (exact) mass is 485 g/mol. The van der Waals surface area contributed by atoms with Crippen LogP contribution in [0.25, 0.3) is 0 Å². The van der Waals surface area contributed by atoms with Crippen molar-refractivity contribution in [3.8, 4) is 11.8 Å². The van der Waals surface area contributed by atoms with Gasteiger partial charge >= 0.3 is 0 Å². The van der Waals surface area contributed by atoms with Gasteiger partial charge in [0.2, 0.25) is 11.8 Å². The molecule has 0 aliphatic carbocycles. The normalized spacial score (nSPS) is 15.9. The first kappa shape index (κ1) is 21.9. The Labute approximate surface area is 187 Å². The van der Waals surface area contributed by atoms with Crippen LogP contribution in [0.2, 0.25) is 0 Å². The first-order chi connectivity index (χ1) is 14.5. The van der Waals surface area contributed by atoms with E-state index in [1.54, 1.807) is 7.11 Å². The van der Waals surface area contributed by atoms with Crippen LogP contribution in [0.15, 0.2) is 63.6 Å². The lowest BCUT2D eigenvalue weighted by Crippen LogP contribution is -2.32. The standard InChI is InChI=1S/C22H20BrN3O3S/c1-29-17-7-5-14(6-8-17)12-25-21(28)13-30-22-19(11-24)18(10-20(27)26-22)15-3-2-4-16(23)9-15/h2-9,18H,10,12-13H2,1H3,(H,25,28)(H,26,27)/t18-/m0/s1. The van der Waals surface area contributed by atoms with Gasteiger partial charge in [0.05, 0.1) is 29.5 Å². The molecule has 2 N–H and O–H groups in total. The SMILES string of the molecule is COc1ccc(CNC(=O)CSC2=C(C#N)[C@H](c3cccc(Br)c3)CC(=O)N2)cc1. The van der Waals surface area contributed by atoms with Gasteiger partial charge in [-0.2, -0.15) is 5.26 Å². The number of carbonyl (C=O) groups is 2. The number of allylic oxidation sites excluding steroid dienone is 1. The summed E-state index contributed by atoms with van der Waals surface area (Å²) in [5.74, 6) is 0.178. The molecule has 1 aliphatic rings. The lowest BCUT2D eigenvalue weighted by atomic mass is 9.87. The minimum absolute atomic E-state index is 0.0994. The number of ether oxygens (including phenoxy) is 1. The van der Waals surface area contributed by atoms with Crippen molar-refractivity contribution >= 4 is 39.5 Å². The highest BCUT2D eigenvalue weighted by Gasteiger charge is 2.29. The third kappa shape index (κ3) is 5.65. The molecule has 2 aromatic rings. The molecule has 1 atom stereocenters. The van der Waals surface area contributed by atoms with Gasteiger partial charge in [-0.25, -0.2) is 0 Å². The van der Waals surface area contributed by atoms with Crippen molar-refractivity contribution < 1.29 is 14.3 Å². The second-order valence-electron chi connectivity index (χ2n) is 6.63. The number of nitriles is 1. The Morgan fingerprint density at radius 1 is 1.33 bits per heavy atom. The van der Waals surface area contributed by atoms with Crippen molar-refractivity contribution in [1.29, 1.82) is 5.26 Å². The zero-order valence-electron chi connectivity index (χ0n) is 16.3. The maximum atomic E-state index is 12.3. The third-order valence-electron chi connectivity index (χ3n) is 4.60. The molecule has 0 radical (unpaired) electrons. The summed E-state index contributed by atoms with van der Waals surface area (Å²) in [4.78, 5) is 24.5. The second kappa shape index (κ2) is 10.3. The van der Waals surface area contributed by atoms with Gasteiger partial charge in [0.1, 0.15) is 5.75 Å². The van der Waals surface area contributed by atoms with E-state index >= 15 is 0 Å². The molecule has 2 amide bonds. The Bertz CT molecular complexity index is 1020. The molecule has 3 rings (SSSR count). The molecule has 0 spiro atoms. The highest BCUT2D eigenvalue weighted by Crippen LogP contribution is 2.36. The maximum absolute atomic E-state index is 12.3. The number of thioether (sulfide) groups is 1. The van der Waals surface area contributed by atoms with Crippen LogP contribution in [0.1, 0.15) is 23.5 Å². The summed E-state index contributed by atoms with van der Waals surface area (Å²) in [7, 11) is 1.60. The molecule has 30 heavy (non-hydrogen) atoms. The van der Waals surface area contributed by atoms with Crippen molar-refractivity contribution in [3.05, 3.63) is 74.7 Å². The lowest BCUT2D eigenvalue weighted by molar-refractivity contribution is -0.121. The van der Waals surface area contributed by atoms with Crippen LogP contribution in [0.4, 0.5) is 0 Å². The van der Waals surface area contributed by atoms with E-state index in [0.717, 1.165) is 21.3 Å². The Balaban J connectivity index is 1.65. The van der Waals surface area contributed by atoms with Crippen LogP contribution in [0, 0.1) is 11.3 Å². The first-order valence-corrected chi connectivity index (χ1v) is 11.0. The Hall–Kier alpha value is -2.76. The van der Waals surface area contributed by atoms with Gasteiger partial charge < -0.3 is 15.4 Å². The molecule has 1 aliphatic heterocycles. The van der Waals surface area contributed by atoms with Crippen LogP contribution in [0.3, 0.4) is 0 Å². The predicted octanol–water partition coefficient (Wildman–Crippen LogP) is 3.85. The van der Waals surface area contributed by atoms with E-state index in [9.17, 15) is 14.9 Å². The molecule has 0 fully saturated rings. The molecule has 1 heterocycles. The van der Waals surface area contributed by atoms with Gasteiger partial charge in [-0.1, -0.05) is 52.0 Å². The van der Waals surface area contributed by atoms with Crippen molar-refractivity contribution in [1.82, 2.24) is 10.6 Å². The number of methoxy groups -OCH3 is 1. The topological polar surface area (TPSA) is 91.2 Å². The minimum atomic E-state index is -0.328. The van der Waals surface area contributed by atoms with Crippen molar-refractivity contribution in [3.63, 3.8) is 0 Å². The van der Waals surface area contributed by atoms with Crippen LogP contribution in [-0.2, 0) is 16.1 Å². The minimum Gasteiger partial charge on any atom is -0.497 e. The summed E-state index contributed by atoms with van der Waals surface area (Å²) in [6.07, 6.45) is 0.201. The molecule has 0 saturated carbocycles. The summed E-state index contributed by atoms with van der Waals surface area (Å²) in [5.41, 5.74) is 2.31. The molecule has 6 nitrogen and oxygen atoms in total. The van der Waals surface area contributed by atoms with Gasteiger partial charge in [-0.05, 0) is 35.4 Å². The van der Waals surface area contributed by atoms with E-state index < -0.39 is 0 Å². The zero-order chi connectivity index (χ0) is 21.5. The molecule has 0 saturated heterocycles. The van der Waals surface area contributed by atoms with E-state index in [0.29, 0.717) is 17.1 Å². The van der Waals surface area contributed by atoms with E-state index in [2.05, 4.69) is 32.6 Å². The average molecular weight is 486 g/mol. The number of benzene rings is 2. The van der Waals surface area contributed by atoms with Crippen LogP contribution < -0.4 is 15.4 Å². The number of carbonyl (C=O) groups excluding carboxylic acids is 2. The molecule has 2 aromatic carbocycles. The van der Waals surface area contributed by atoms with Gasteiger partial charge in [-0.15, -0.1) is 0 Å². The molecular formula is C22H20BrN3O3S. The average Bonchev–Trinajstić information content (AvgIpc) is 2.76. The summed E-state index contributed by atoms with van der Waals surface area (Å²) in [6, 6.07) is 17.2. The number of hydrogen-bond donors (Lipinski definition) is 2. The summed E-state index contributed by atoms with van der Waals surface area (Å²) < 4.78 is 6.00. The summed E-state index contributed by atoms with van der Waals surface area (Å²) in [6.45, 7) is 0.389. The fraction of sp³-hybridized carbons (Fsp3) is 0.227. The van der Waals surface area contributed by atoms with Gasteiger partial charge in [-0.3, -0.25) is 9.59 Å². The van der Waals surface area contributed by atoms with Gasteiger partial charge in [0.25, 0.3) is 0 Å². The zero-order valence-corrected chi connectivity index (χ0v) is 18.7. The predicted molar refractivity (Wildman–Crippen MR) is 120 cm³/mol. The lowest BCUT2D eigenvalue weighted by Gasteiger charge is -2.25. The van der Waals surface area contributed by atoms with E-state index in [1.165, 1.54) is 11.8 Å². The molecule has 154 valence electrons. The van der Waals surface area contributed by atoms with Crippen molar-refractivity contribution in [2.24, 2.45) is 0 Å². The maximum Gasteiger partial charge on any atom is 0.230 e.